The average molecular weight is 475 g/mol. The SMILES string of the molecule is Cc1ccc(C2/C(=C(/O)c3ccc(OC(C)C)c(C)c3)C(=O)C(=O)N2c2ccc(N(C)C)cc2)o1. The molecule has 1 aliphatic heterocycles. The number of furan rings is 1. The molecule has 4 rings (SSSR count). The van der Waals surface area contributed by atoms with Crippen molar-refractivity contribution in [3.05, 3.63) is 82.8 Å². The monoisotopic (exact) mass is 474 g/mol. The Morgan fingerprint density at radius 3 is 2.26 bits per heavy atom. The predicted molar refractivity (Wildman–Crippen MR) is 136 cm³/mol. The van der Waals surface area contributed by atoms with Gasteiger partial charge in [0, 0.05) is 31.0 Å². The molecule has 1 amide bonds. The molecular weight excluding hydrogens is 444 g/mol. The molecule has 35 heavy (non-hydrogen) atoms. The number of nitrogens with zero attached hydrogens (tertiary/aromatic N) is 2. The van der Waals surface area contributed by atoms with E-state index in [1.54, 1.807) is 49.4 Å². The summed E-state index contributed by atoms with van der Waals surface area (Å²) in [5.41, 5.74) is 2.70. The molecule has 0 bridgehead atoms. The third-order valence-electron chi connectivity index (χ3n) is 5.93. The Morgan fingerprint density at radius 1 is 1.03 bits per heavy atom. The van der Waals surface area contributed by atoms with Gasteiger partial charge in [-0.25, -0.2) is 0 Å². The molecule has 7 heteroatoms. The van der Waals surface area contributed by atoms with Crippen molar-refractivity contribution < 1.29 is 23.8 Å². The Hall–Kier alpha value is -4.00. The van der Waals surface area contributed by atoms with Crippen LogP contribution in [0, 0.1) is 13.8 Å². The second-order valence-corrected chi connectivity index (χ2v) is 9.18. The number of hydrogen-bond donors (Lipinski definition) is 1. The zero-order valence-electron chi connectivity index (χ0n) is 20.8. The minimum Gasteiger partial charge on any atom is -0.507 e. The topological polar surface area (TPSA) is 83.2 Å². The number of carbonyl (C=O) groups excluding carboxylic acids is 2. The summed E-state index contributed by atoms with van der Waals surface area (Å²) in [6, 6.07) is 15.1. The van der Waals surface area contributed by atoms with Gasteiger partial charge in [-0.3, -0.25) is 14.5 Å². The van der Waals surface area contributed by atoms with Crippen LogP contribution in [0.3, 0.4) is 0 Å². The number of amides is 1. The first-order valence-electron chi connectivity index (χ1n) is 11.5. The molecule has 2 aromatic carbocycles. The highest BCUT2D eigenvalue weighted by Gasteiger charge is 2.48. The van der Waals surface area contributed by atoms with Crippen LogP contribution < -0.4 is 14.5 Å². The largest absolute Gasteiger partial charge is 0.507 e. The average Bonchev–Trinajstić information content (AvgIpc) is 3.35. The highest BCUT2D eigenvalue weighted by atomic mass is 16.5. The number of aliphatic hydroxyl groups excluding tert-OH is 1. The van der Waals surface area contributed by atoms with Gasteiger partial charge in [-0.2, -0.15) is 0 Å². The summed E-state index contributed by atoms with van der Waals surface area (Å²) < 4.78 is 11.7. The van der Waals surface area contributed by atoms with Crippen LogP contribution in [0.5, 0.6) is 5.75 Å². The van der Waals surface area contributed by atoms with Gasteiger partial charge in [0.25, 0.3) is 11.7 Å². The van der Waals surface area contributed by atoms with E-state index in [1.807, 2.05) is 51.9 Å². The standard InChI is InChI=1S/C28H30N2O5/c1-16(2)34-22-14-8-19(15-17(22)3)26(31)24-25(23-13-7-18(4)35-23)30(28(33)27(24)32)21-11-9-20(10-12-21)29(5)6/h7-16,25,31H,1-6H3/b26-24-. The number of anilines is 2. The number of rotatable bonds is 6. The number of benzene rings is 2. The molecule has 1 aliphatic rings. The number of hydrogen-bond acceptors (Lipinski definition) is 6. The van der Waals surface area contributed by atoms with E-state index in [9.17, 15) is 14.7 Å². The zero-order valence-corrected chi connectivity index (χ0v) is 20.8. The Bertz CT molecular complexity index is 1300. The van der Waals surface area contributed by atoms with Crippen molar-refractivity contribution in [2.45, 2.75) is 39.8 Å². The van der Waals surface area contributed by atoms with Crippen molar-refractivity contribution >= 4 is 28.8 Å². The van der Waals surface area contributed by atoms with Crippen molar-refractivity contribution in [1.82, 2.24) is 0 Å². The molecule has 182 valence electrons. The van der Waals surface area contributed by atoms with E-state index in [0.717, 1.165) is 11.3 Å². The molecule has 3 aromatic rings. The Morgan fingerprint density at radius 2 is 1.71 bits per heavy atom. The first-order chi connectivity index (χ1) is 16.6. The smallest absolute Gasteiger partial charge is 0.300 e. The maximum atomic E-state index is 13.3. The second kappa shape index (κ2) is 9.33. The normalized spacial score (nSPS) is 17.3. The Balaban J connectivity index is 1.85. The van der Waals surface area contributed by atoms with E-state index in [-0.39, 0.29) is 17.4 Å². The zero-order chi connectivity index (χ0) is 25.4. The molecule has 1 saturated heterocycles. The molecule has 1 unspecified atom stereocenters. The van der Waals surface area contributed by atoms with Gasteiger partial charge in [0.2, 0.25) is 0 Å². The fourth-order valence-corrected chi connectivity index (χ4v) is 4.22. The molecule has 0 spiro atoms. The van der Waals surface area contributed by atoms with Crippen LogP contribution in [0.15, 0.2) is 64.6 Å². The second-order valence-electron chi connectivity index (χ2n) is 9.18. The van der Waals surface area contributed by atoms with Gasteiger partial charge in [0.15, 0.2) is 0 Å². The summed E-state index contributed by atoms with van der Waals surface area (Å²) in [7, 11) is 3.85. The highest BCUT2D eigenvalue weighted by Crippen LogP contribution is 2.43. The third kappa shape index (κ3) is 4.54. The Kier molecular flexibility index (Phi) is 6.43. The lowest BCUT2D eigenvalue weighted by molar-refractivity contribution is -0.132. The van der Waals surface area contributed by atoms with Crippen molar-refractivity contribution in [2.24, 2.45) is 0 Å². The van der Waals surface area contributed by atoms with Gasteiger partial charge in [0.05, 0.1) is 11.7 Å². The molecule has 1 aromatic heterocycles. The number of Topliss-reactive ketones (excluding diaryl/α,β-unsaturated/α-hetero) is 1. The van der Waals surface area contributed by atoms with Crippen LogP contribution in [-0.2, 0) is 9.59 Å². The molecule has 2 heterocycles. The molecule has 1 atom stereocenters. The van der Waals surface area contributed by atoms with Crippen LogP contribution >= 0.6 is 0 Å². The lowest BCUT2D eigenvalue weighted by Crippen LogP contribution is -2.29. The Labute approximate surface area is 205 Å². The van der Waals surface area contributed by atoms with Gasteiger partial charge < -0.3 is 19.2 Å². The number of aryl methyl sites for hydroxylation is 2. The molecule has 0 saturated carbocycles. The van der Waals surface area contributed by atoms with E-state index < -0.39 is 17.7 Å². The summed E-state index contributed by atoms with van der Waals surface area (Å²) in [6.07, 6.45) is -0.000419. The van der Waals surface area contributed by atoms with E-state index in [2.05, 4.69) is 0 Å². The van der Waals surface area contributed by atoms with Crippen LogP contribution in [-0.4, -0.2) is 37.0 Å². The van der Waals surface area contributed by atoms with Crippen molar-refractivity contribution in [3.8, 4) is 5.75 Å². The maximum Gasteiger partial charge on any atom is 0.300 e. The summed E-state index contributed by atoms with van der Waals surface area (Å²) in [6.45, 7) is 7.53. The molecule has 1 N–H and O–H groups in total. The fourth-order valence-electron chi connectivity index (χ4n) is 4.22. The lowest BCUT2D eigenvalue weighted by atomic mass is 9.98. The number of aliphatic hydroxyl groups is 1. The molecule has 1 fully saturated rings. The molecule has 7 nitrogen and oxygen atoms in total. The molecule has 0 radical (unpaired) electrons. The number of ketones is 1. The van der Waals surface area contributed by atoms with Crippen LogP contribution in [0.4, 0.5) is 11.4 Å². The summed E-state index contributed by atoms with van der Waals surface area (Å²) in [4.78, 5) is 29.9. The summed E-state index contributed by atoms with van der Waals surface area (Å²) in [5, 5.41) is 11.3. The highest BCUT2D eigenvalue weighted by molar-refractivity contribution is 6.51. The van der Waals surface area contributed by atoms with E-state index >= 15 is 0 Å². The van der Waals surface area contributed by atoms with Crippen LogP contribution in [0.2, 0.25) is 0 Å². The van der Waals surface area contributed by atoms with E-state index in [1.165, 1.54) is 4.90 Å². The van der Waals surface area contributed by atoms with Crippen molar-refractivity contribution in [1.29, 1.82) is 0 Å². The number of ether oxygens (including phenoxy) is 1. The van der Waals surface area contributed by atoms with Crippen molar-refractivity contribution in [3.63, 3.8) is 0 Å². The summed E-state index contributed by atoms with van der Waals surface area (Å²) >= 11 is 0. The van der Waals surface area contributed by atoms with Gasteiger partial charge in [-0.15, -0.1) is 0 Å². The first-order valence-corrected chi connectivity index (χ1v) is 11.5. The summed E-state index contributed by atoms with van der Waals surface area (Å²) in [5.74, 6) is -0.0145. The number of carbonyl (C=O) groups is 2. The molecular formula is C28H30N2O5. The minimum atomic E-state index is -0.902. The lowest BCUT2D eigenvalue weighted by Gasteiger charge is -2.24. The van der Waals surface area contributed by atoms with Crippen LogP contribution in [0.1, 0.15) is 42.5 Å². The van der Waals surface area contributed by atoms with Gasteiger partial charge in [-0.05, 0) is 87.9 Å². The van der Waals surface area contributed by atoms with Gasteiger partial charge in [0.1, 0.15) is 29.1 Å². The van der Waals surface area contributed by atoms with E-state index in [0.29, 0.717) is 28.5 Å². The molecule has 0 aliphatic carbocycles. The maximum absolute atomic E-state index is 13.3. The van der Waals surface area contributed by atoms with Gasteiger partial charge >= 0.3 is 0 Å². The minimum absolute atomic E-state index is 0.000419. The predicted octanol–water partition coefficient (Wildman–Crippen LogP) is 5.38. The van der Waals surface area contributed by atoms with Gasteiger partial charge in [-0.1, -0.05) is 0 Å². The quantitative estimate of drug-likeness (QED) is 0.294. The van der Waals surface area contributed by atoms with E-state index in [4.69, 9.17) is 9.15 Å². The fraction of sp³-hybridized carbons (Fsp3) is 0.286. The third-order valence-corrected chi connectivity index (χ3v) is 5.93. The van der Waals surface area contributed by atoms with Crippen LogP contribution in [0.25, 0.3) is 5.76 Å². The first kappa shape index (κ1) is 24.1. The van der Waals surface area contributed by atoms with Crippen molar-refractivity contribution in [2.75, 3.05) is 23.9 Å².